The minimum absolute atomic E-state index is 0.0430. The third kappa shape index (κ3) is 3.37. The number of benzene rings is 1. The lowest BCUT2D eigenvalue weighted by Gasteiger charge is -2.41. The van der Waals surface area contributed by atoms with Crippen molar-refractivity contribution in [2.24, 2.45) is 5.41 Å². The molecule has 1 fully saturated rings. The molecule has 0 bridgehead atoms. The molecule has 0 spiro atoms. The topological polar surface area (TPSA) is 41.5 Å². The van der Waals surface area contributed by atoms with Gasteiger partial charge in [-0.1, -0.05) is 48.0 Å². The number of hydrogen-bond donors (Lipinski definition) is 2. The molecule has 1 aromatic carbocycles. The summed E-state index contributed by atoms with van der Waals surface area (Å²) in [6, 6.07) is 8.33. The molecule has 1 heterocycles. The Kier molecular flexibility index (Phi) is 4.66. The largest absolute Gasteiger partial charge is 0.396 e. The molecule has 0 saturated carbocycles. The van der Waals surface area contributed by atoms with E-state index in [1.54, 1.807) is 0 Å². The highest BCUT2D eigenvalue weighted by atomic mass is 79.9. The highest BCUT2D eigenvalue weighted by molar-refractivity contribution is 9.10. The van der Waals surface area contributed by atoms with Crippen molar-refractivity contribution in [1.29, 1.82) is 0 Å². The summed E-state index contributed by atoms with van der Waals surface area (Å²) < 4.78 is 6.35. The molecule has 0 unspecified atom stereocenters. The highest BCUT2D eigenvalue weighted by Crippen LogP contribution is 2.30. The number of aliphatic hydroxyl groups is 1. The van der Waals surface area contributed by atoms with Gasteiger partial charge in [0.2, 0.25) is 0 Å². The first-order chi connectivity index (χ1) is 8.99. The summed E-state index contributed by atoms with van der Waals surface area (Å²) in [6.45, 7) is 7.63. The molecule has 1 saturated heterocycles. The van der Waals surface area contributed by atoms with Gasteiger partial charge >= 0.3 is 0 Å². The van der Waals surface area contributed by atoms with Crippen LogP contribution in [0.25, 0.3) is 0 Å². The van der Waals surface area contributed by atoms with Gasteiger partial charge in [-0.3, -0.25) is 0 Å². The lowest BCUT2D eigenvalue weighted by Crippen LogP contribution is -2.53. The number of ether oxygens (including phenoxy) is 1. The summed E-state index contributed by atoms with van der Waals surface area (Å²) in [4.78, 5) is 0. The van der Waals surface area contributed by atoms with Gasteiger partial charge in [0.25, 0.3) is 0 Å². The fourth-order valence-corrected chi connectivity index (χ4v) is 3.21. The second kappa shape index (κ2) is 5.92. The van der Waals surface area contributed by atoms with Crippen LogP contribution in [-0.2, 0) is 10.2 Å². The van der Waals surface area contributed by atoms with Gasteiger partial charge in [-0.2, -0.15) is 0 Å². The minimum atomic E-state index is -0.0655. The van der Waals surface area contributed by atoms with E-state index in [0.29, 0.717) is 13.2 Å². The van der Waals surface area contributed by atoms with Gasteiger partial charge in [0.15, 0.2) is 0 Å². The van der Waals surface area contributed by atoms with E-state index in [9.17, 15) is 5.11 Å². The van der Waals surface area contributed by atoms with Crippen LogP contribution >= 0.6 is 15.9 Å². The number of halogens is 1. The molecule has 1 aliphatic heterocycles. The molecule has 0 amide bonds. The zero-order valence-corrected chi connectivity index (χ0v) is 13.2. The Hall–Kier alpha value is -0.420. The lowest BCUT2D eigenvalue weighted by molar-refractivity contribution is -0.134. The molecule has 1 aromatic rings. The third-order valence-corrected chi connectivity index (χ3v) is 4.51. The summed E-state index contributed by atoms with van der Waals surface area (Å²) >= 11 is 3.61. The standard InChI is InChI=1S/C15H22BrNO2/c1-14(2,12-5-3-4-6-13(12)16)7-17-8-15(9-18)10-19-11-15/h3-6,17-18H,7-11H2,1-2H3. The van der Waals surface area contributed by atoms with E-state index in [1.165, 1.54) is 5.56 Å². The molecule has 19 heavy (non-hydrogen) atoms. The second-order valence-electron chi connectivity index (χ2n) is 6.12. The fraction of sp³-hybridized carbons (Fsp3) is 0.600. The van der Waals surface area contributed by atoms with E-state index < -0.39 is 0 Å². The van der Waals surface area contributed by atoms with Crippen LogP contribution in [0.1, 0.15) is 19.4 Å². The van der Waals surface area contributed by atoms with E-state index in [-0.39, 0.29) is 17.4 Å². The molecular formula is C15H22BrNO2. The van der Waals surface area contributed by atoms with E-state index in [4.69, 9.17) is 4.74 Å². The normalized spacial score (nSPS) is 18.1. The van der Waals surface area contributed by atoms with Crippen molar-refractivity contribution in [3.05, 3.63) is 34.3 Å². The Morgan fingerprint density at radius 2 is 2.05 bits per heavy atom. The maximum absolute atomic E-state index is 9.40. The maximum Gasteiger partial charge on any atom is 0.0579 e. The van der Waals surface area contributed by atoms with Crippen LogP contribution in [0.5, 0.6) is 0 Å². The number of hydrogen-bond acceptors (Lipinski definition) is 3. The Bertz CT molecular complexity index is 424. The molecule has 0 aromatic heterocycles. The molecule has 2 N–H and O–H groups in total. The van der Waals surface area contributed by atoms with Crippen LogP contribution < -0.4 is 5.32 Å². The molecule has 106 valence electrons. The molecule has 3 nitrogen and oxygen atoms in total. The summed E-state index contributed by atoms with van der Waals surface area (Å²) in [5.74, 6) is 0. The average molecular weight is 328 g/mol. The van der Waals surface area contributed by atoms with Gasteiger partial charge < -0.3 is 15.2 Å². The summed E-state index contributed by atoms with van der Waals surface area (Å²) in [7, 11) is 0. The van der Waals surface area contributed by atoms with Crippen LogP contribution in [0.3, 0.4) is 0 Å². The first-order valence-corrected chi connectivity index (χ1v) is 7.43. The zero-order valence-electron chi connectivity index (χ0n) is 11.6. The van der Waals surface area contributed by atoms with Crippen molar-refractivity contribution in [2.45, 2.75) is 19.3 Å². The third-order valence-electron chi connectivity index (χ3n) is 3.82. The van der Waals surface area contributed by atoms with Gasteiger partial charge in [0.1, 0.15) is 0 Å². The quantitative estimate of drug-likeness (QED) is 0.842. The van der Waals surface area contributed by atoms with Gasteiger partial charge in [-0.05, 0) is 11.6 Å². The Labute approximate surface area is 123 Å². The van der Waals surface area contributed by atoms with Gasteiger partial charge in [0, 0.05) is 23.0 Å². The van der Waals surface area contributed by atoms with Crippen LogP contribution in [0.2, 0.25) is 0 Å². The Morgan fingerprint density at radius 3 is 2.58 bits per heavy atom. The SMILES string of the molecule is CC(C)(CNCC1(CO)COC1)c1ccccc1Br. The van der Waals surface area contributed by atoms with Gasteiger partial charge in [-0.25, -0.2) is 0 Å². The molecular weight excluding hydrogens is 306 g/mol. The molecule has 2 rings (SSSR count). The van der Waals surface area contributed by atoms with E-state index in [1.807, 2.05) is 6.07 Å². The minimum Gasteiger partial charge on any atom is -0.396 e. The molecule has 0 aliphatic carbocycles. The van der Waals surface area contributed by atoms with Crippen molar-refractivity contribution < 1.29 is 9.84 Å². The average Bonchev–Trinajstić information content (AvgIpc) is 2.33. The molecule has 4 heteroatoms. The number of aliphatic hydroxyl groups excluding tert-OH is 1. The first-order valence-electron chi connectivity index (χ1n) is 6.63. The van der Waals surface area contributed by atoms with E-state index in [2.05, 4.69) is 53.3 Å². The smallest absolute Gasteiger partial charge is 0.0579 e. The predicted molar refractivity (Wildman–Crippen MR) is 80.4 cm³/mol. The van der Waals surface area contributed by atoms with E-state index in [0.717, 1.165) is 17.6 Å². The number of nitrogens with one attached hydrogen (secondary N) is 1. The fourth-order valence-electron chi connectivity index (χ4n) is 2.39. The van der Waals surface area contributed by atoms with Crippen molar-refractivity contribution in [3.8, 4) is 0 Å². The van der Waals surface area contributed by atoms with Crippen molar-refractivity contribution >= 4 is 15.9 Å². The molecule has 0 radical (unpaired) electrons. The predicted octanol–water partition coefficient (Wildman–Crippen LogP) is 2.33. The zero-order chi connectivity index (χ0) is 13.9. The summed E-state index contributed by atoms with van der Waals surface area (Å²) in [6.07, 6.45) is 0. The molecule has 1 aliphatic rings. The van der Waals surface area contributed by atoms with Gasteiger partial charge in [0.05, 0.1) is 25.2 Å². The Balaban J connectivity index is 1.93. The first kappa shape index (κ1) is 15.0. The van der Waals surface area contributed by atoms with Crippen LogP contribution in [0.15, 0.2) is 28.7 Å². The summed E-state index contributed by atoms with van der Waals surface area (Å²) in [5.41, 5.74) is 1.27. The highest BCUT2D eigenvalue weighted by Gasteiger charge is 2.38. The van der Waals surface area contributed by atoms with Crippen LogP contribution in [0.4, 0.5) is 0 Å². The summed E-state index contributed by atoms with van der Waals surface area (Å²) in [5, 5.41) is 12.9. The van der Waals surface area contributed by atoms with Crippen LogP contribution in [0, 0.1) is 5.41 Å². The maximum atomic E-state index is 9.40. The van der Waals surface area contributed by atoms with Crippen molar-refractivity contribution in [1.82, 2.24) is 5.32 Å². The lowest BCUT2D eigenvalue weighted by atomic mass is 9.83. The Morgan fingerprint density at radius 1 is 1.37 bits per heavy atom. The second-order valence-corrected chi connectivity index (χ2v) is 6.97. The monoisotopic (exact) mass is 327 g/mol. The van der Waals surface area contributed by atoms with Crippen molar-refractivity contribution in [3.63, 3.8) is 0 Å². The van der Waals surface area contributed by atoms with Gasteiger partial charge in [-0.15, -0.1) is 0 Å². The number of rotatable bonds is 6. The van der Waals surface area contributed by atoms with Crippen LogP contribution in [-0.4, -0.2) is 38.0 Å². The van der Waals surface area contributed by atoms with E-state index >= 15 is 0 Å². The van der Waals surface area contributed by atoms with Crippen molar-refractivity contribution in [2.75, 3.05) is 32.9 Å². The molecule has 0 atom stereocenters.